The van der Waals surface area contributed by atoms with Crippen molar-refractivity contribution in [3.05, 3.63) is 105 Å². The molecule has 0 spiro atoms. The molecule has 164 valence electrons. The van der Waals surface area contributed by atoms with E-state index in [1.54, 1.807) is 29.2 Å². The van der Waals surface area contributed by atoms with Crippen molar-refractivity contribution in [3.8, 4) is 0 Å². The predicted molar refractivity (Wildman–Crippen MR) is 121 cm³/mol. The normalized spacial score (nSPS) is 14.3. The summed E-state index contributed by atoms with van der Waals surface area (Å²) < 4.78 is 5.22. The van der Waals surface area contributed by atoms with Crippen LogP contribution in [-0.4, -0.2) is 41.5 Å². The van der Waals surface area contributed by atoms with Gasteiger partial charge in [-0.25, -0.2) is 4.79 Å². The van der Waals surface area contributed by atoms with Crippen LogP contribution in [0.2, 0.25) is 5.02 Å². The highest BCUT2D eigenvalue weighted by Gasteiger charge is 2.33. The van der Waals surface area contributed by atoms with Gasteiger partial charge < -0.3 is 9.64 Å². The third kappa shape index (κ3) is 3.62. The number of ketones is 2. The summed E-state index contributed by atoms with van der Waals surface area (Å²) in [7, 11) is 0. The lowest BCUT2D eigenvalue weighted by Gasteiger charge is -2.28. The predicted octanol–water partition coefficient (Wildman–Crippen LogP) is 3.86. The first-order valence-corrected chi connectivity index (χ1v) is 10.9. The number of esters is 1. The van der Waals surface area contributed by atoms with Gasteiger partial charge in [0.25, 0.3) is 5.91 Å². The summed E-state index contributed by atoms with van der Waals surface area (Å²) in [6.45, 7) is 0.565. The molecule has 3 aromatic carbocycles. The number of amides is 1. The Bertz CT molecular complexity index is 1350. The first-order valence-electron chi connectivity index (χ1n) is 10.5. The van der Waals surface area contributed by atoms with Crippen molar-refractivity contribution in [2.24, 2.45) is 0 Å². The Morgan fingerprint density at radius 2 is 1.52 bits per heavy atom. The van der Waals surface area contributed by atoms with E-state index in [1.165, 1.54) is 17.7 Å². The molecule has 0 aromatic heterocycles. The number of carbonyl (C=O) groups is 4. The highest BCUT2D eigenvalue weighted by atomic mass is 35.5. The summed E-state index contributed by atoms with van der Waals surface area (Å²) in [5.74, 6) is -1.90. The number of ether oxygens (including phenoxy) is 1. The lowest BCUT2D eigenvalue weighted by molar-refractivity contribution is -0.135. The minimum atomic E-state index is -0.826. The molecule has 33 heavy (non-hydrogen) atoms. The van der Waals surface area contributed by atoms with Crippen LogP contribution >= 0.6 is 11.6 Å². The lowest BCUT2D eigenvalue weighted by Crippen LogP contribution is -2.38. The number of carbonyl (C=O) groups excluding carboxylic acids is 4. The molecule has 1 amide bonds. The smallest absolute Gasteiger partial charge is 0.340 e. The second-order valence-corrected chi connectivity index (χ2v) is 8.34. The fourth-order valence-electron chi connectivity index (χ4n) is 4.31. The molecule has 3 aromatic rings. The molecule has 0 bridgehead atoms. The zero-order chi connectivity index (χ0) is 23.1. The molecule has 5 rings (SSSR count). The summed E-state index contributed by atoms with van der Waals surface area (Å²) in [5, 5.41) is -0.148. The fourth-order valence-corrected chi connectivity index (χ4v) is 4.64. The average Bonchev–Trinajstić information content (AvgIpc) is 2.85. The quantitative estimate of drug-likeness (QED) is 0.435. The van der Waals surface area contributed by atoms with Gasteiger partial charge in [0.15, 0.2) is 18.2 Å². The summed E-state index contributed by atoms with van der Waals surface area (Å²) in [6, 6.07) is 17.1. The van der Waals surface area contributed by atoms with E-state index in [4.69, 9.17) is 16.3 Å². The van der Waals surface area contributed by atoms with Crippen LogP contribution in [0.4, 0.5) is 0 Å². The standard InChI is InChI=1S/C26H18ClNO5/c27-23-20(10-9-19-22(23)25(31)18-8-4-3-7-17(18)24(19)30)26(32)33-14-21(29)28-12-11-15-5-1-2-6-16(15)13-28/h1-10H,11-14H2. The zero-order valence-corrected chi connectivity index (χ0v) is 18.2. The van der Waals surface area contributed by atoms with E-state index < -0.39 is 18.4 Å². The number of benzene rings is 3. The summed E-state index contributed by atoms with van der Waals surface area (Å²) in [4.78, 5) is 52.7. The van der Waals surface area contributed by atoms with Crippen LogP contribution in [0.5, 0.6) is 0 Å². The molecule has 0 radical (unpaired) electrons. The van der Waals surface area contributed by atoms with Gasteiger partial charge >= 0.3 is 5.97 Å². The third-order valence-electron chi connectivity index (χ3n) is 6.06. The van der Waals surface area contributed by atoms with E-state index >= 15 is 0 Å². The number of hydrogen-bond acceptors (Lipinski definition) is 5. The van der Waals surface area contributed by atoms with Crippen molar-refractivity contribution in [2.45, 2.75) is 13.0 Å². The maximum atomic E-state index is 13.0. The summed E-state index contributed by atoms with van der Waals surface area (Å²) in [6.07, 6.45) is 0.740. The van der Waals surface area contributed by atoms with E-state index in [1.807, 2.05) is 24.3 Å². The number of rotatable bonds is 3. The Morgan fingerprint density at radius 1 is 0.848 bits per heavy atom. The summed E-state index contributed by atoms with van der Waals surface area (Å²) >= 11 is 6.40. The molecule has 6 nitrogen and oxygen atoms in total. The van der Waals surface area contributed by atoms with E-state index in [0.717, 1.165) is 12.0 Å². The van der Waals surface area contributed by atoms with Crippen LogP contribution < -0.4 is 0 Å². The van der Waals surface area contributed by atoms with Crippen molar-refractivity contribution in [1.82, 2.24) is 4.90 Å². The van der Waals surface area contributed by atoms with Gasteiger partial charge in [0, 0.05) is 29.8 Å². The molecule has 0 atom stereocenters. The van der Waals surface area contributed by atoms with Crippen LogP contribution in [0.3, 0.4) is 0 Å². The number of hydrogen-bond donors (Lipinski definition) is 0. The minimum Gasteiger partial charge on any atom is -0.452 e. The van der Waals surface area contributed by atoms with E-state index in [-0.39, 0.29) is 39.0 Å². The number of fused-ring (bicyclic) bond motifs is 3. The van der Waals surface area contributed by atoms with Crippen LogP contribution in [0.15, 0.2) is 60.7 Å². The maximum absolute atomic E-state index is 13.0. The largest absolute Gasteiger partial charge is 0.452 e. The highest BCUT2D eigenvalue weighted by Crippen LogP contribution is 2.34. The Kier molecular flexibility index (Phi) is 5.30. The van der Waals surface area contributed by atoms with E-state index in [0.29, 0.717) is 18.7 Å². The first kappa shape index (κ1) is 21.1. The van der Waals surface area contributed by atoms with Crippen molar-refractivity contribution in [2.75, 3.05) is 13.2 Å². The molecule has 0 N–H and O–H groups in total. The molecule has 0 saturated carbocycles. The van der Waals surface area contributed by atoms with Crippen molar-refractivity contribution >= 4 is 35.0 Å². The van der Waals surface area contributed by atoms with Gasteiger partial charge in [-0.2, -0.15) is 0 Å². The van der Waals surface area contributed by atoms with Crippen molar-refractivity contribution in [3.63, 3.8) is 0 Å². The Labute approximate surface area is 194 Å². The third-order valence-corrected chi connectivity index (χ3v) is 6.45. The molecule has 0 saturated heterocycles. The molecule has 2 aliphatic rings. The Morgan fingerprint density at radius 3 is 2.27 bits per heavy atom. The molecule has 0 unspecified atom stereocenters. The second-order valence-electron chi connectivity index (χ2n) is 7.96. The lowest BCUT2D eigenvalue weighted by atomic mass is 9.83. The maximum Gasteiger partial charge on any atom is 0.340 e. The van der Waals surface area contributed by atoms with Gasteiger partial charge in [-0.1, -0.05) is 60.1 Å². The van der Waals surface area contributed by atoms with Gasteiger partial charge in [0.05, 0.1) is 16.1 Å². The SMILES string of the molecule is O=C(OCC(=O)N1CCc2ccccc2C1)c1ccc2c(c1Cl)C(=O)c1ccccc1C2=O. The average molecular weight is 460 g/mol. The first-order chi connectivity index (χ1) is 16.0. The van der Waals surface area contributed by atoms with Crippen LogP contribution in [0.1, 0.15) is 53.3 Å². The zero-order valence-electron chi connectivity index (χ0n) is 17.5. The van der Waals surface area contributed by atoms with E-state index in [9.17, 15) is 19.2 Å². The van der Waals surface area contributed by atoms with Crippen molar-refractivity contribution < 1.29 is 23.9 Å². The molecule has 1 heterocycles. The monoisotopic (exact) mass is 459 g/mol. The van der Waals surface area contributed by atoms with Gasteiger partial charge in [-0.3, -0.25) is 14.4 Å². The summed E-state index contributed by atoms with van der Waals surface area (Å²) in [5.41, 5.74) is 2.88. The van der Waals surface area contributed by atoms with Gasteiger partial charge in [-0.15, -0.1) is 0 Å². The molecule has 7 heteroatoms. The highest BCUT2D eigenvalue weighted by molar-refractivity contribution is 6.41. The van der Waals surface area contributed by atoms with Gasteiger partial charge in [0.2, 0.25) is 0 Å². The van der Waals surface area contributed by atoms with Gasteiger partial charge in [0.1, 0.15) is 0 Å². The minimum absolute atomic E-state index is 0.0196. The van der Waals surface area contributed by atoms with E-state index in [2.05, 4.69) is 0 Å². The second kappa shape index (κ2) is 8.30. The van der Waals surface area contributed by atoms with Crippen LogP contribution in [-0.2, 0) is 22.5 Å². The van der Waals surface area contributed by atoms with Crippen molar-refractivity contribution in [1.29, 1.82) is 0 Å². The van der Waals surface area contributed by atoms with Crippen LogP contribution in [0, 0.1) is 0 Å². The molecule has 1 aliphatic heterocycles. The molecular formula is C26H18ClNO5. The molecule has 1 aliphatic carbocycles. The topological polar surface area (TPSA) is 80.8 Å². The number of nitrogens with zero attached hydrogens (tertiary/aromatic N) is 1. The molecule has 0 fully saturated rings. The Balaban J connectivity index is 1.33. The molecular weight excluding hydrogens is 442 g/mol. The van der Waals surface area contributed by atoms with Crippen LogP contribution in [0.25, 0.3) is 0 Å². The fraction of sp³-hybridized carbons (Fsp3) is 0.154. The Hall–Kier alpha value is -3.77. The number of halogens is 1. The van der Waals surface area contributed by atoms with Gasteiger partial charge in [-0.05, 0) is 29.7 Å².